The molecule has 2 rings (SSSR count). The lowest BCUT2D eigenvalue weighted by Gasteiger charge is -2.04. The minimum absolute atomic E-state index is 0.0318. The molecule has 20 heavy (non-hydrogen) atoms. The molecule has 0 unspecified atom stereocenters. The normalized spacial score (nSPS) is 9.70. The van der Waals surface area contributed by atoms with Crippen molar-refractivity contribution < 1.29 is 14.3 Å². The van der Waals surface area contributed by atoms with Crippen molar-refractivity contribution in [1.29, 1.82) is 0 Å². The van der Waals surface area contributed by atoms with Gasteiger partial charge in [0.15, 0.2) is 0 Å². The van der Waals surface area contributed by atoms with Crippen molar-refractivity contribution in [3.8, 4) is 11.8 Å². The topological polar surface area (TPSA) is 49.3 Å². The number of rotatable bonds is 3. The van der Waals surface area contributed by atoms with Crippen molar-refractivity contribution in [2.24, 2.45) is 0 Å². The van der Waals surface area contributed by atoms with Gasteiger partial charge in [0.2, 0.25) is 0 Å². The zero-order valence-corrected chi connectivity index (χ0v) is 11.3. The van der Waals surface area contributed by atoms with Gasteiger partial charge < -0.3 is 10.4 Å². The van der Waals surface area contributed by atoms with E-state index in [-0.39, 0.29) is 12.2 Å². The number of halogens is 1. The molecule has 0 atom stereocenters. The molecule has 0 saturated carbocycles. The number of aliphatic hydroxyl groups excluding tert-OH is 1. The van der Waals surface area contributed by atoms with Gasteiger partial charge in [0, 0.05) is 15.8 Å². The second-order valence-electron chi connectivity index (χ2n) is 3.92. The monoisotopic (exact) mass is 289 g/mol. The molecule has 102 valence electrons. The Labute approximate surface area is 120 Å². The number of hydrogen-bond donors (Lipinski definition) is 2. The average molecular weight is 289 g/mol. The van der Waals surface area contributed by atoms with Crippen LogP contribution in [-0.2, 0) is 6.54 Å². The van der Waals surface area contributed by atoms with Crippen LogP contribution in [0.5, 0.6) is 0 Å². The Morgan fingerprint density at radius 3 is 2.95 bits per heavy atom. The van der Waals surface area contributed by atoms with E-state index in [4.69, 9.17) is 5.11 Å². The van der Waals surface area contributed by atoms with Crippen LogP contribution in [0.1, 0.15) is 20.8 Å². The van der Waals surface area contributed by atoms with Crippen LogP contribution in [0.25, 0.3) is 0 Å². The second-order valence-corrected chi connectivity index (χ2v) is 4.92. The van der Waals surface area contributed by atoms with Crippen molar-refractivity contribution in [3.63, 3.8) is 0 Å². The summed E-state index contributed by atoms with van der Waals surface area (Å²) in [7, 11) is 0. The van der Waals surface area contributed by atoms with Gasteiger partial charge in [0.05, 0.1) is 12.1 Å². The Bertz CT molecular complexity index is 670. The zero-order valence-electron chi connectivity index (χ0n) is 10.5. The van der Waals surface area contributed by atoms with Gasteiger partial charge in [-0.05, 0) is 18.2 Å². The number of hydrogen-bond acceptors (Lipinski definition) is 3. The first-order valence-electron chi connectivity index (χ1n) is 5.90. The molecular weight excluding hydrogens is 277 g/mol. The highest BCUT2D eigenvalue weighted by Crippen LogP contribution is 2.14. The summed E-state index contributed by atoms with van der Waals surface area (Å²) in [6.07, 6.45) is 0. The quantitative estimate of drug-likeness (QED) is 0.851. The zero-order chi connectivity index (χ0) is 14.4. The third-order valence-corrected chi connectivity index (χ3v) is 3.44. The minimum atomic E-state index is -0.536. The first-order chi connectivity index (χ1) is 9.70. The molecule has 0 fully saturated rings. The molecule has 0 aliphatic rings. The first kappa shape index (κ1) is 14.3. The third kappa shape index (κ3) is 3.67. The molecule has 1 amide bonds. The number of carbonyl (C=O) groups excluding carboxylic acids is 1. The predicted octanol–water partition coefficient (Wildman–Crippen LogP) is 2.16. The van der Waals surface area contributed by atoms with Crippen molar-refractivity contribution in [2.45, 2.75) is 6.54 Å². The van der Waals surface area contributed by atoms with Crippen LogP contribution in [0.3, 0.4) is 0 Å². The average Bonchev–Trinajstić information content (AvgIpc) is 2.91. The summed E-state index contributed by atoms with van der Waals surface area (Å²) in [6, 6.07) is 7.68. The van der Waals surface area contributed by atoms with Crippen LogP contribution < -0.4 is 5.32 Å². The van der Waals surface area contributed by atoms with Gasteiger partial charge >= 0.3 is 0 Å². The predicted molar refractivity (Wildman–Crippen MR) is 75.9 cm³/mol. The lowest BCUT2D eigenvalue weighted by atomic mass is 10.2. The Kier molecular flexibility index (Phi) is 4.88. The van der Waals surface area contributed by atoms with E-state index in [1.807, 2.05) is 11.4 Å². The molecule has 0 aliphatic heterocycles. The maximum absolute atomic E-state index is 13.4. The van der Waals surface area contributed by atoms with E-state index in [1.54, 1.807) is 6.07 Å². The highest BCUT2D eigenvalue weighted by atomic mass is 32.1. The van der Waals surface area contributed by atoms with E-state index >= 15 is 0 Å². The molecular formula is C15H12FNO2S. The minimum Gasteiger partial charge on any atom is -0.384 e. The van der Waals surface area contributed by atoms with E-state index in [2.05, 4.69) is 17.2 Å². The molecule has 2 aromatic rings. The molecule has 1 aromatic heterocycles. The molecule has 0 aliphatic carbocycles. The second kappa shape index (κ2) is 6.85. The highest BCUT2D eigenvalue weighted by molar-refractivity contribution is 7.10. The number of carbonyl (C=O) groups is 1. The number of aliphatic hydroxyl groups is 1. The third-order valence-electron chi connectivity index (χ3n) is 2.51. The van der Waals surface area contributed by atoms with Crippen molar-refractivity contribution >= 4 is 17.2 Å². The lowest BCUT2D eigenvalue weighted by Crippen LogP contribution is -2.23. The summed E-state index contributed by atoms with van der Waals surface area (Å²) in [5, 5.41) is 13.1. The van der Waals surface area contributed by atoms with Crippen molar-refractivity contribution in [2.75, 3.05) is 6.61 Å². The molecule has 1 aromatic carbocycles. The number of nitrogens with one attached hydrogen (secondary N) is 1. The van der Waals surface area contributed by atoms with Crippen LogP contribution >= 0.6 is 11.3 Å². The van der Waals surface area contributed by atoms with Gasteiger partial charge in [-0.2, -0.15) is 0 Å². The summed E-state index contributed by atoms with van der Waals surface area (Å²) < 4.78 is 13.4. The number of thiophene rings is 1. The van der Waals surface area contributed by atoms with Gasteiger partial charge in [-0.1, -0.05) is 24.0 Å². The van der Waals surface area contributed by atoms with Crippen molar-refractivity contribution in [3.05, 3.63) is 57.5 Å². The fraction of sp³-hybridized carbons (Fsp3) is 0.133. The van der Waals surface area contributed by atoms with Crippen LogP contribution in [0.15, 0.2) is 35.7 Å². The van der Waals surface area contributed by atoms with Crippen LogP contribution in [0.4, 0.5) is 4.39 Å². The van der Waals surface area contributed by atoms with Gasteiger partial charge in [-0.3, -0.25) is 4.79 Å². The Morgan fingerprint density at radius 1 is 1.40 bits per heavy atom. The summed E-state index contributed by atoms with van der Waals surface area (Å²) in [4.78, 5) is 12.7. The Hall–Kier alpha value is -2.16. The van der Waals surface area contributed by atoms with Crippen LogP contribution in [0.2, 0.25) is 0 Å². The van der Waals surface area contributed by atoms with E-state index in [9.17, 15) is 9.18 Å². The largest absolute Gasteiger partial charge is 0.384 e. The van der Waals surface area contributed by atoms with Crippen LogP contribution in [0, 0.1) is 17.7 Å². The van der Waals surface area contributed by atoms with Gasteiger partial charge in [-0.25, -0.2) is 4.39 Å². The van der Waals surface area contributed by atoms with Gasteiger partial charge in [-0.15, -0.1) is 11.3 Å². The summed E-state index contributed by atoms with van der Waals surface area (Å²) in [5.74, 6) is 4.35. The summed E-state index contributed by atoms with van der Waals surface area (Å²) in [6.45, 7) is 0.133. The van der Waals surface area contributed by atoms with E-state index in [1.165, 1.54) is 29.5 Å². The van der Waals surface area contributed by atoms with Gasteiger partial charge in [0.25, 0.3) is 5.91 Å². The smallest absolute Gasteiger partial charge is 0.254 e. The summed E-state index contributed by atoms with van der Waals surface area (Å²) >= 11 is 1.45. The molecule has 0 radical (unpaired) electrons. The van der Waals surface area contributed by atoms with Crippen molar-refractivity contribution in [1.82, 2.24) is 5.32 Å². The molecule has 3 nitrogen and oxygen atoms in total. The van der Waals surface area contributed by atoms with Gasteiger partial charge in [0.1, 0.15) is 12.4 Å². The fourth-order valence-corrected chi connectivity index (χ4v) is 2.34. The standard InChI is InChI=1S/C15H12FNO2S/c16-14-6-2-1-5-13(14)15(19)17-9-12-8-11(10-20-12)4-3-7-18/h1-2,5-6,8,10,18H,7,9H2,(H,17,19). The molecule has 2 N–H and O–H groups in total. The molecule has 1 heterocycles. The first-order valence-corrected chi connectivity index (χ1v) is 6.78. The maximum Gasteiger partial charge on any atom is 0.254 e. The molecule has 0 bridgehead atoms. The van der Waals surface area contributed by atoms with Crippen LogP contribution in [-0.4, -0.2) is 17.6 Å². The molecule has 5 heteroatoms. The van der Waals surface area contributed by atoms with E-state index < -0.39 is 11.7 Å². The summed E-state index contributed by atoms with van der Waals surface area (Å²) in [5.41, 5.74) is 0.823. The van der Waals surface area contributed by atoms with E-state index in [0.29, 0.717) is 6.54 Å². The Balaban J connectivity index is 1.97. The number of benzene rings is 1. The number of amides is 1. The maximum atomic E-state index is 13.4. The SMILES string of the molecule is O=C(NCc1cc(C#CCO)cs1)c1ccccc1F. The molecule has 0 spiro atoms. The lowest BCUT2D eigenvalue weighted by molar-refractivity contribution is 0.0947. The van der Waals surface area contributed by atoms with E-state index in [0.717, 1.165) is 10.4 Å². The fourth-order valence-electron chi connectivity index (χ4n) is 1.59. The highest BCUT2D eigenvalue weighted by Gasteiger charge is 2.10. The molecule has 0 saturated heterocycles. The Morgan fingerprint density at radius 2 is 2.20 bits per heavy atom.